The summed E-state index contributed by atoms with van der Waals surface area (Å²) >= 11 is 0. The smallest absolute Gasteiger partial charge is 0.410 e. The Morgan fingerprint density at radius 2 is 1.86 bits per heavy atom. The van der Waals surface area contributed by atoms with Gasteiger partial charge in [0.05, 0.1) is 0 Å². The van der Waals surface area contributed by atoms with Crippen LogP contribution in [0.5, 0.6) is 0 Å². The molecule has 122 valence electrons. The molecule has 1 aliphatic heterocycles. The van der Waals surface area contributed by atoms with E-state index < -0.39 is 5.60 Å². The molecule has 2 atom stereocenters. The summed E-state index contributed by atoms with van der Waals surface area (Å²) in [6, 6.07) is 1.18. The number of carbonyl (C=O) groups is 1. The monoisotopic (exact) mass is 296 g/mol. The van der Waals surface area contributed by atoms with Crippen molar-refractivity contribution in [3.63, 3.8) is 0 Å². The average molecular weight is 296 g/mol. The lowest BCUT2D eigenvalue weighted by atomic mass is 9.91. The molecule has 2 rings (SSSR count). The lowest BCUT2D eigenvalue weighted by Gasteiger charge is -2.37. The van der Waals surface area contributed by atoms with Crippen LogP contribution in [0.25, 0.3) is 0 Å². The number of ether oxygens (including phenoxy) is 1. The van der Waals surface area contributed by atoms with Gasteiger partial charge >= 0.3 is 6.09 Å². The maximum Gasteiger partial charge on any atom is 0.410 e. The van der Waals surface area contributed by atoms with Crippen LogP contribution >= 0.6 is 0 Å². The van der Waals surface area contributed by atoms with Crippen LogP contribution < -0.4 is 5.32 Å². The van der Waals surface area contributed by atoms with Crippen LogP contribution in [-0.2, 0) is 4.74 Å². The van der Waals surface area contributed by atoms with Crippen LogP contribution in [-0.4, -0.2) is 41.8 Å². The molecule has 0 radical (unpaired) electrons. The van der Waals surface area contributed by atoms with E-state index in [4.69, 9.17) is 4.74 Å². The van der Waals surface area contributed by atoms with Gasteiger partial charge in [-0.3, -0.25) is 0 Å². The molecule has 0 spiro atoms. The zero-order chi connectivity index (χ0) is 15.5. The van der Waals surface area contributed by atoms with Crippen molar-refractivity contribution in [2.75, 3.05) is 13.1 Å². The molecule has 0 aromatic carbocycles. The highest BCUT2D eigenvalue weighted by atomic mass is 16.6. The van der Waals surface area contributed by atoms with Gasteiger partial charge < -0.3 is 15.0 Å². The number of piperidine rings is 1. The zero-order valence-electron chi connectivity index (χ0n) is 14.2. The first-order chi connectivity index (χ1) is 9.85. The third-order valence-electron chi connectivity index (χ3n) is 4.67. The van der Waals surface area contributed by atoms with E-state index in [9.17, 15) is 4.79 Å². The van der Waals surface area contributed by atoms with Gasteiger partial charge in [0.25, 0.3) is 0 Å². The van der Waals surface area contributed by atoms with Gasteiger partial charge in [-0.25, -0.2) is 4.79 Å². The quantitative estimate of drug-likeness (QED) is 0.866. The molecule has 4 nitrogen and oxygen atoms in total. The minimum absolute atomic E-state index is 0.153. The van der Waals surface area contributed by atoms with E-state index in [1.807, 2.05) is 25.7 Å². The molecule has 1 N–H and O–H groups in total. The number of amides is 1. The van der Waals surface area contributed by atoms with Crippen LogP contribution in [0.4, 0.5) is 4.79 Å². The van der Waals surface area contributed by atoms with Gasteiger partial charge in [-0.2, -0.15) is 0 Å². The first-order valence-corrected chi connectivity index (χ1v) is 8.59. The Kier molecular flexibility index (Phi) is 5.53. The summed E-state index contributed by atoms with van der Waals surface area (Å²) in [5, 5.41) is 3.78. The Bertz CT molecular complexity index is 345. The van der Waals surface area contributed by atoms with Crippen molar-refractivity contribution in [2.24, 2.45) is 5.92 Å². The highest BCUT2D eigenvalue weighted by molar-refractivity contribution is 5.68. The maximum absolute atomic E-state index is 12.2. The van der Waals surface area contributed by atoms with Crippen LogP contribution in [0, 0.1) is 5.92 Å². The Morgan fingerprint density at radius 3 is 2.48 bits per heavy atom. The van der Waals surface area contributed by atoms with Gasteiger partial charge in [0, 0.05) is 25.2 Å². The predicted octanol–water partition coefficient (Wildman–Crippen LogP) is 3.55. The van der Waals surface area contributed by atoms with Gasteiger partial charge in [0.2, 0.25) is 0 Å². The number of likely N-dealkylation sites (tertiary alicyclic amines) is 1. The van der Waals surface area contributed by atoms with Crippen molar-refractivity contribution in [1.29, 1.82) is 0 Å². The highest BCUT2D eigenvalue weighted by Crippen LogP contribution is 2.24. The number of carbonyl (C=O) groups excluding carboxylic acids is 1. The molecule has 2 unspecified atom stereocenters. The van der Waals surface area contributed by atoms with Gasteiger partial charge in [0.15, 0.2) is 0 Å². The van der Waals surface area contributed by atoms with E-state index >= 15 is 0 Å². The van der Waals surface area contributed by atoms with E-state index in [-0.39, 0.29) is 6.09 Å². The molecule has 21 heavy (non-hydrogen) atoms. The fourth-order valence-corrected chi connectivity index (χ4v) is 3.51. The molecule has 1 heterocycles. The molecule has 2 fully saturated rings. The van der Waals surface area contributed by atoms with Gasteiger partial charge in [-0.1, -0.05) is 12.8 Å². The predicted molar refractivity (Wildman–Crippen MR) is 85.4 cm³/mol. The summed E-state index contributed by atoms with van der Waals surface area (Å²) in [7, 11) is 0. The normalized spacial score (nSPS) is 25.9. The standard InChI is InChI=1S/C17H32N2O2/c1-13(18-15-9-5-6-10-15)14-8-7-11-19(12-14)16(20)21-17(2,3)4/h13-15,18H,5-12H2,1-4H3. The van der Waals surface area contributed by atoms with E-state index in [0.717, 1.165) is 19.5 Å². The fourth-order valence-electron chi connectivity index (χ4n) is 3.51. The Balaban J connectivity index is 1.83. The lowest BCUT2D eigenvalue weighted by molar-refractivity contribution is 0.0146. The largest absolute Gasteiger partial charge is 0.444 e. The topological polar surface area (TPSA) is 41.6 Å². The second kappa shape index (κ2) is 6.99. The van der Waals surface area contributed by atoms with Crippen molar-refractivity contribution in [2.45, 2.75) is 83.9 Å². The maximum atomic E-state index is 12.2. The van der Waals surface area contributed by atoms with E-state index in [2.05, 4.69) is 12.2 Å². The van der Waals surface area contributed by atoms with E-state index in [1.54, 1.807) is 0 Å². The minimum atomic E-state index is -0.405. The van der Waals surface area contributed by atoms with Crippen molar-refractivity contribution in [3.8, 4) is 0 Å². The third-order valence-corrected chi connectivity index (χ3v) is 4.67. The zero-order valence-corrected chi connectivity index (χ0v) is 14.2. The highest BCUT2D eigenvalue weighted by Gasteiger charge is 2.31. The molecule has 2 aliphatic rings. The van der Waals surface area contributed by atoms with Crippen molar-refractivity contribution >= 4 is 6.09 Å². The third kappa shape index (κ3) is 5.17. The SMILES string of the molecule is CC(NC1CCCC1)C1CCCN(C(=O)OC(C)(C)C)C1. The average Bonchev–Trinajstić information content (AvgIpc) is 2.90. The van der Waals surface area contributed by atoms with E-state index in [1.165, 1.54) is 32.1 Å². The molecule has 0 aromatic rings. The summed E-state index contributed by atoms with van der Waals surface area (Å²) in [6.07, 6.45) is 7.49. The number of nitrogens with one attached hydrogen (secondary N) is 1. The minimum Gasteiger partial charge on any atom is -0.444 e. The first kappa shape index (κ1) is 16.6. The Labute approximate surface area is 129 Å². The summed E-state index contributed by atoms with van der Waals surface area (Å²) in [4.78, 5) is 14.1. The fraction of sp³-hybridized carbons (Fsp3) is 0.941. The van der Waals surface area contributed by atoms with Crippen LogP contribution in [0.1, 0.15) is 66.2 Å². The molecule has 0 aromatic heterocycles. The Hall–Kier alpha value is -0.770. The van der Waals surface area contributed by atoms with Crippen LogP contribution in [0.3, 0.4) is 0 Å². The summed E-state index contributed by atoms with van der Waals surface area (Å²) in [5.74, 6) is 0.548. The first-order valence-electron chi connectivity index (χ1n) is 8.59. The lowest BCUT2D eigenvalue weighted by Crippen LogP contribution is -2.49. The molecule has 1 aliphatic carbocycles. The van der Waals surface area contributed by atoms with Crippen molar-refractivity contribution < 1.29 is 9.53 Å². The number of hydrogen-bond acceptors (Lipinski definition) is 3. The number of rotatable bonds is 3. The summed E-state index contributed by atoms with van der Waals surface area (Å²) in [6.45, 7) is 9.72. The van der Waals surface area contributed by atoms with Gasteiger partial charge in [-0.05, 0) is 59.3 Å². The Morgan fingerprint density at radius 1 is 1.19 bits per heavy atom. The summed E-state index contributed by atoms with van der Waals surface area (Å²) < 4.78 is 5.51. The summed E-state index contributed by atoms with van der Waals surface area (Å²) in [5.41, 5.74) is -0.405. The molecule has 1 amide bonds. The van der Waals surface area contributed by atoms with Crippen molar-refractivity contribution in [3.05, 3.63) is 0 Å². The van der Waals surface area contributed by atoms with Gasteiger partial charge in [-0.15, -0.1) is 0 Å². The van der Waals surface area contributed by atoms with Gasteiger partial charge in [0.1, 0.15) is 5.60 Å². The van der Waals surface area contributed by atoms with Crippen LogP contribution in [0.2, 0.25) is 0 Å². The second-order valence-electron chi connectivity index (χ2n) is 7.77. The molecular weight excluding hydrogens is 264 g/mol. The van der Waals surface area contributed by atoms with Crippen LogP contribution in [0.15, 0.2) is 0 Å². The molecule has 1 saturated carbocycles. The number of nitrogens with zero attached hydrogens (tertiary/aromatic N) is 1. The second-order valence-corrected chi connectivity index (χ2v) is 7.77. The molecule has 0 bridgehead atoms. The number of hydrogen-bond donors (Lipinski definition) is 1. The molecular formula is C17H32N2O2. The molecule has 1 saturated heterocycles. The van der Waals surface area contributed by atoms with Crippen molar-refractivity contribution in [1.82, 2.24) is 10.2 Å². The molecule has 4 heteroatoms. The van der Waals surface area contributed by atoms with E-state index in [0.29, 0.717) is 18.0 Å².